The van der Waals surface area contributed by atoms with Gasteiger partial charge in [0.05, 0.1) is 9.79 Å². The van der Waals surface area contributed by atoms with Gasteiger partial charge in [-0.2, -0.15) is 15.0 Å². The molecule has 0 aliphatic heterocycles. The maximum atomic E-state index is 12.2. The number of para-hydroxylation sites is 1. The number of hydrogen-bond acceptors (Lipinski definition) is 17. The minimum Gasteiger partial charge on any atom is -0.747 e. The third-order valence-electron chi connectivity index (χ3n) is 6.16. The molecule has 17 nitrogen and oxygen atoms in total. The Morgan fingerprint density at radius 2 is 1.38 bits per heavy atom. The average Bonchev–Trinajstić information content (AvgIpc) is 2.98. The molecular weight excluding hydrogens is 771 g/mol. The Morgan fingerprint density at radius 3 is 2.00 bits per heavy atom. The summed E-state index contributed by atoms with van der Waals surface area (Å²) in [5.41, 5.74) is -0.871. The van der Waals surface area contributed by atoms with Gasteiger partial charge < -0.3 is 24.1 Å². The molecule has 5 rings (SSSR count). The van der Waals surface area contributed by atoms with Crippen LogP contribution in [0.1, 0.15) is 0 Å². The van der Waals surface area contributed by atoms with E-state index in [1.54, 1.807) is 18.2 Å². The molecule has 0 bridgehead atoms. The minimum atomic E-state index is -5.32. The number of phenolic OH excluding ortho intramolecular Hbond substituents is 1. The molecule has 0 aliphatic carbocycles. The van der Waals surface area contributed by atoms with E-state index in [1.807, 2.05) is 0 Å². The van der Waals surface area contributed by atoms with Crippen LogP contribution in [0, 0.1) is 0 Å². The summed E-state index contributed by atoms with van der Waals surface area (Å²) in [5, 5.41) is 20.5. The van der Waals surface area contributed by atoms with Crippen LogP contribution in [0.5, 0.6) is 5.75 Å². The number of aromatic nitrogens is 3. The van der Waals surface area contributed by atoms with E-state index < -0.39 is 63.1 Å². The van der Waals surface area contributed by atoms with Crippen LogP contribution in [0.2, 0.25) is 5.28 Å². The molecule has 0 radical (unpaired) electrons. The maximum Gasteiger partial charge on any atom is 1.00 e. The van der Waals surface area contributed by atoms with Crippen molar-refractivity contribution in [1.29, 1.82) is 0 Å². The van der Waals surface area contributed by atoms with Gasteiger partial charge in [0.25, 0.3) is 0 Å². The molecule has 0 spiro atoms. The zero-order chi connectivity index (χ0) is 34.1. The van der Waals surface area contributed by atoms with Crippen molar-refractivity contribution in [3.05, 3.63) is 84.1 Å². The molecule has 4 aromatic carbocycles. The molecule has 0 atom stereocenters. The van der Waals surface area contributed by atoms with E-state index in [1.165, 1.54) is 42.5 Å². The molecule has 0 saturated heterocycles. The average molecular weight is 788 g/mol. The second kappa shape index (κ2) is 17.8. The molecule has 0 unspecified atom stereocenters. The van der Waals surface area contributed by atoms with Crippen molar-refractivity contribution >= 4 is 87.4 Å². The van der Waals surface area contributed by atoms with E-state index in [2.05, 4.69) is 30.5 Å². The second-order valence-corrected chi connectivity index (χ2v) is 13.8. The van der Waals surface area contributed by atoms with Crippen molar-refractivity contribution in [2.24, 2.45) is 10.2 Å². The summed E-state index contributed by atoms with van der Waals surface area (Å²) >= 11 is 6.07. The number of halogens is 1. The summed E-state index contributed by atoms with van der Waals surface area (Å²) < 4.78 is 106. The Kier molecular flexibility index (Phi) is 15.8. The van der Waals surface area contributed by atoms with Gasteiger partial charge in [-0.15, -0.1) is 10.2 Å². The number of nitrogens with zero attached hydrogens (tertiary/aromatic N) is 6. The fourth-order valence-electron chi connectivity index (χ4n) is 4.23. The first-order chi connectivity index (χ1) is 22.0. The molecule has 244 valence electrons. The molecule has 50 heavy (non-hydrogen) atoms. The van der Waals surface area contributed by atoms with Crippen molar-refractivity contribution in [3.63, 3.8) is 0 Å². The van der Waals surface area contributed by atoms with Gasteiger partial charge in [0.2, 0.25) is 17.2 Å². The molecule has 0 aliphatic rings. The second-order valence-electron chi connectivity index (χ2n) is 9.39. The minimum absolute atomic E-state index is 0. The summed E-state index contributed by atoms with van der Waals surface area (Å²) in [6, 6.07) is 17.3. The standard InChI is InChI=1S/C26H20ClN7O10S3.3Na/c27-24-29-25(31-26(30-24)34(14-45(36,37)38)17-6-2-1-3-7-17)28-16-10-11-18-15(12-16)13-21(47(42,43)44)22(23(18)35)33-32-19-8-4-5-9-20(19)46(39,40)41;;;/h1-13,35H,14H2,(H,36,37,38)(H,39,40,41)(H,42,43,44)(H,28,29,30,31);;;/q;3*+1/p-3. The van der Waals surface area contributed by atoms with Crippen LogP contribution in [0.15, 0.2) is 98.9 Å². The molecule has 0 amide bonds. The largest absolute Gasteiger partial charge is 1.00 e. The van der Waals surface area contributed by atoms with Crippen LogP contribution in [0.4, 0.5) is 34.6 Å². The van der Waals surface area contributed by atoms with Gasteiger partial charge in [0.1, 0.15) is 47.6 Å². The smallest absolute Gasteiger partial charge is 0.747 e. The first-order valence-corrected chi connectivity index (χ1v) is 17.4. The first kappa shape index (κ1) is 44.3. The Labute approximate surface area is 356 Å². The fraction of sp³-hybridized carbons (Fsp3) is 0.0385. The fourth-order valence-corrected chi connectivity index (χ4v) is 6.22. The van der Waals surface area contributed by atoms with Gasteiger partial charge in [-0.25, -0.2) is 25.3 Å². The zero-order valence-electron chi connectivity index (χ0n) is 26.1. The predicted molar refractivity (Wildman–Crippen MR) is 163 cm³/mol. The molecule has 0 fully saturated rings. The van der Waals surface area contributed by atoms with E-state index in [0.29, 0.717) is 0 Å². The Bertz CT molecular complexity index is 2400. The molecule has 2 N–H and O–H groups in total. The third kappa shape index (κ3) is 11.1. The number of azo groups is 1. The summed E-state index contributed by atoms with van der Waals surface area (Å²) in [4.78, 5) is 11.2. The van der Waals surface area contributed by atoms with Crippen molar-refractivity contribution < 1.29 is 133 Å². The Hall–Kier alpha value is -1.83. The normalized spacial score (nSPS) is 11.7. The van der Waals surface area contributed by atoms with Gasteiger partial charge in [-0.05, 0) is 65.5 Å². The number of nitrogens with one attached hydrogen (secondary N) is 1. The molecule has 24 heteroatoms. The van der Waals surface area contributed by atoms with Gasteiger partial charge in [0.15, 0.2) is 5.75 Å². The van der Waals surface area contributed by atoms with E-state index >= 15 is 0 Å². The van der Waals surface area contributed by atoms with E-state index in [0.717, 1.165) is 23.1 Å². The monoisotopic (exact) mass is 787 g/mol. The number of fused-ring (bicyclic) bond motifs is 1. The van der Waals surface area contributed by atoms with Gasteiger partial charge >= 0.3 is 88.7 Å². The third-order valence-corrected chi connectivity index (χ3v) is 8.64. The van der Waals surface area contributed by atoms with Crippen molar-refractivity contribution in [3.8, 4) is 5.75 Å². The van der Waals surface area contributed by atoms with E-state index in [9.17, 15) is 44.0 Å². The maximum absolute atomic E-state index is 12.2. The van der Waals surface area contributed by atoms with Crippen LogP contribution in [0.25, 0.3) is 10.8 Å². The molecule has 1 aromatic heterocycles. The van der Waals surface area contributed by atoms with Gasteiger partial charge in [-0.1, -0.05) is 30.3 Å². The summed E-state index contributed by atoms with van der Waals surface area (Å²) in [6.45, 7) is 0. The van der Waals surface area contributed by atoms with Crippen molar-refractivity contribution in [2.75, 3.05) is 16.1 Å². The van der Waals surface area contributed by atoms with Gasteiger partial charge in [-0.3, -0.25) is 4.90 Å². The quantitative estimate of drug-likeness (QED) is 0.0762. The topological polar surface area (TPSA) is 270 Å². The van der Waals surface area contributed by atoms with Crippen molar-refractivity contribution in [1.82, 2.24) is 15.0 Å². The first-order valence-electron chi connectivity index (χ1n) is 12.7. The van der Waals surface area contributed by atoms with Crippen LogP contribution in [0.3, 0.4) is 0 Å². The van der Waals surface area contributed by atoms with Crippen molar-refractivity contribution in [2.45, 2.75) is 9.79 Å². The number of benzene rings is 4. The van der Waals surface area contributed by atoms with Crippen LogP contribution < -0.4 is 98.9 Å². The van der Waals surface area contributed by atoms with Crippen LogP contribution >= 0.6 is 11.6 Å². The van der Waals surface area contributed by atoms with E-state index in [4.69, 9.17) is 11.6 Å². The molecule has 0 saturated carbocycles. The summed E-state index contributed by atoms with van der Waals surface area (Å²) in [5.74, 6) is -2.40. The molecule has 5 aromatic rings. The SMILES string of the molecule is O=S(=O)([O-])CN(c1ccccc1)c1nc(Cl)nc(Nc2ccc3c(O)c(N=Nc4ccccc4S(=O)(=O)[O-])c(S(=O)(=O)[O-])cc3c2)n1.[Na+].[Na+].[Na+]. The summed E-state index contributed by atoms with van der Waals surface area (Å²) in [6.07, 6.45) is 0. The van der Waals surface area contributed by atoms with Crippen LogP contribution in [-0.4, -0.2) is 64.8 Å². The van der Waals surface area contributed by atoms with Crippen LogP contribution in [-0.2, 0) is 30.4 Å². The number of phenols is 1. The number of rotatable bonds is 10. The summed E-state index contributed by atoms with van der Waals surface area (Å²) in [7, 11) is -15.1. The molecule has 1 heterocycles. The van der Waals surface area contributed by atoms with Gasteiger partial charge in [0, 0.05) is 16.8 Å². The Balaban J connectivity index is 0.00000289. The molecular formula is C26H17ClN7Na3O10S3. The Morgan fingerprint density at radius 1 is 0.760 bits per heavy atom. The number of hydrogen-bond donors (Lipinski definition) is 2. The number of anilines is 4. The predicted octanol–water partition coefficient (Wildman–Crippen LogP) is -5.00. The zero-order valence-corrected chi connectivity index (χ0v) is 35.3. The van der Waals surface area contributed by atoms with E-state index in [-0.39, 0.29) is 128 Å². The number of aromatic hydroxyl groups is 1.